The van der Waals surface area contributed by atoms with Crippen molar-refractivity contribution < 1.29 is 4.79 Å². The summed E-state index contributed by atoms with van der Waals surface area (Å²) in [5.74, 6) is 0.106. The number of anilines is 1. The second kappa shape index (κ2) is 7.64. The van der Waals surface area contributed by atoms with Gasteiger partial charge in [0.05, 0.1) is 10.2 Å². The number of nitrogens with zero attached hydrogens (tertiary/aromatic N) is 2. The van der Waals surface area contributed by atoms with E-state index < -0.39 is 0 Å². The van der Waals surface area contributed by atoms with Crippen molar-refractivity contribution in [3.63, 3.8) is 0 Å². The summed E-state index contributed by atoms with van der Waals surface area (Å²) in [5.41, 5.74) is 2.46. The third-order valence-electron chi connectivity index (χ3n) is 3.91. The van der Waals surface area contributed by atoms with Gasteiger partial charge in [0.15, 0.2) is 5.69 Å². The van der Waals surface area contributed by atoms with Crippen LogP contribution in [0.5, 0.6) is 0 Å². The number of H-pyrrole nitrogens is 1. The predicted molar refractivity (Wildman–Crippen MR) is 97.0 cm³/mol. The van der Waals surface area contributed by atoms with Gasteiger partial charge in [0, 0.05) is 25.3 Å². The molecule has 2 rings (SSSR count). The van der Waals surface area contributed by atoms with Crippen LogP contribution in [0.15, 0.2) is 34.8 Å². The molecular weight excluding hydrogens is 356 g/mol. The van der Waals surface area contributed by atoms with Crippen LogP contribution >= 0.6 is 15.9 Å². The number of hydrogen-bond donors (Lipinski definition) is 2. The van der Waals surface area contributed by atoms with Crippen LogP contribution in [0.3, 0.4) is 0 Å². The van der Waals surface area contributed by atoms with E-state index in [1.54, 1.807) is 0 Å². The number of hydrogen-bond acceptors (Lipinski definition) is 3. The molecule has 0 aliphatic rings. The van der Waals surface area contributed by atoms with E-state index in [9.17, 15) is 4.79 Å². The molecule has 1 atom stereocenters. The van der Waals surface area contributed by atoms with Gasteiger partial charge in [-0.3, -0.25) is 9.89 Å². The Kier molecular flexibility index (Phi) is 5.82. The Bertz CT molecular complexity index is 654. The second-order valence-corrected chi connectivity index (χ2v) is 6.75. The molecule has 5 nitrogen and oxygen atoms in total. The largest absolute Gasteiger partial charge is 0.370 e. The zero-order valence-electron chi connectivity index (χ0n) is 13.9. The third-order valence-corrected chi connectivity index (χ3v) is 4.71. The molecule has 1 unspecified atom stereocenters. The van der Waals surface area contributed by atoms with E-state index in [-0.39, 0.29) is 17.9 Å². The summed E-state index contributed by atoms with van der Waals surface area (Å²) >= 11 is 3.46. The quantitative estimate of drug-likeness (QED) is 0.807. The van der Waals surface area contributed by atoms with Crippen molar-refractivity contribution >= 4 is 27.5 Å². The average molecular weight is 379 g/mol. The Balaban J connectivity index is 1.96. The summed E-state index contributed by atoms with van der Waals surface area (Å²) in [6.45, 7) is 6.72. The summed E-state index contributed by atoms with van der Waals surface area (Å²) < 4.78 is 0.745. The molecule has 23 heavy (non-hydrogen) atoms. The molecule has 0 saturated carbocycles. The number of nitrogens with one attached hydrogen (secondary N) is 2. The van der Waals surface area contributed by atoms with E-state index in [2.05, 4.69) is 69.2 Å². The number of halogens is 1. The van der Waals surface area contributed by atoms with Gasteiger partial charge in [-0.15, -0.1) is 0 Å². The van der Waals surface area contributed by atoms with E-state index in [1.807, 2.05) is 25.2 Å². The van der Waals surface area contributed by atoms with Crippen LogP contribution in [-0.2, 0) is 0 Å². The number of benzene rings is 1. The van der Waals surface area contributed by atoms with E-state index in [0.29, 0.717) is 12.2 Å². The molecule has 0 fully saturated rings. The topological polar surface area (TPSA) is 61.0 Å². The maximum absolute atomic E-state index is 12.3. The lowest BCUT2D eigenvalue weighted by molar-refractivity contribution is 0.0946. The first kappa shape index (κ1) is 17.5. The normalized spacial score (nSPS) is 12.3. The molecule has 2 aromatic rings. The lowest BCUT2D eigenvalue weighted by atomic mass is 10.1. The van der Waals surface area contributed by atoms with Gasteiger partial charge < -0.3 is 10.2 Å². The fraction of sp³-hybridized carbons (Fsp3) is 0.412. The van der Waals surface area contributed by atoms with Gasteiger partial charge in [-0.05, 0) is 40.9 Å². The first-order chi connectivity index (χ1) is 10.9. The SMILES string of the molecule is CC(C)c1[nH]nc(C(=O)NCC(C)N(C)c2ccccc2)c1Br. The van der Waals surface area contributed by atoms with Crippen molar-refractivity contribution in [2.45, 2.75) is 32.7 Å². The summed E-state index contributed by atoms with van der Waals surface area (Å²) in [4.78, 5) is 14.5. The Labute approximate surface area is 145 Å². The van der Waals surface area contributed by atoms with Gasteiger partial charge in [0.25, 0.3) is 5.91 Å². The lowest BCUT2D eigenvalue weighted by Crippen LogP contribution is -2.40. The monoisotopic (exact) mass is 378 g/mol. The number of aromatic amines is 1. The zero-order valence-corrected chi connectivity index (χ0v) is 15.5. The van der Waals surface area contributed by atoms with Crippen molar-refractivity contribution in [3.8, 4) is 0 Å². The molecule has 124 valence electrons. The van der Waals surface area contributed by atoms with Gasteiger partial charge in [0.2, 0.25) is 0 Å². The van der Waals surface area contributed by atoms with E-state index >= 15 is 0 Å². The van der Waals surface area contributed by atoms with Gasteiger partial charge in [-0.2, -0.15) is 5.10 Å². The minimum atomic E-state index is -0.173. The first-order valence-electron chi connectivity index (χ1n) is 7.71. The molecule has 1 heterocycles. The molecule has 0 radical (unpaired) electrons. The standard InChI is InChI=1S/C17H23BrN4O/c1-11(2)15-14(18)16(21-20-15)17(23)19-10-12(3)22(4)13-8-6-5-7-9-13/h5-9,11-12H,10H2,1-4H3,(H,19,23)(H,20,21). The first-order valence-corrected chi connectivity index (χ1v) is 8.51. The van der Waals surface area contributed by atoms with Crippen LogP contribution in [0, 0.1) is 0 Å². The molecule has 1 aromatic carbocycles. The summed E-state index contributed by atoms with van der Waals surface area (Å²) in [6.07, 6.45) is 0. The molecule has 1 aromatic heterocycles. The summed E-state index contributed by atoms with van der Waals surface area (Å²) in [6, 6.07) is 10.3. The van der Waals surface area contributed by atoms with Gasteiger partial charge >= 0.3 is 0 Å². The van der Waals surface area contributed by atoms with Crippen LogP contribution < -0.4 is 10.2 Å². The molecular formula is C17H23BrN4O. The summed E-state index contributed by atoms with van der Waals surface area (Å²) in [7, 11) is 2.02. The molecule has 6 heteroatoms. The highest BCUT2D eigenvalue weighted by atomic mass is 79.9. The number of aromatic nitrogens is 2. The van der Waals surface area contributed by atoms with Crippen LogP contribution in [0.4, 0.5) is 5.69 Å². The highest BCUT2D eigenvalue weighted by Crippen LogP contribution is 2.25. The van der Waals surface area contributed by atoms with E-state index in [4.69, 9.17) is 0 Å². The van der Waals surface area contributed by atoms with Crippen LogP contribution in [-0.4, -0.2) is 35.7 Å². The maximum atomic E-state index is 12.3. The van der Waals surface area contributed by atoms with Crippen molar-refractivity contribution in [2.75, 3.05) is 18.5 Å². The highest BCUT2D eigenvalue weighted by Gasteiger charge is 2.20. The molecule has 0 saturated heterocycles. The van der Waals surface area contributed by atoms with Gasteiger partial charge in [-0.25, -0.2) is 0 Å². The van der Waals surface area contributed by atoms with Gasteiger partial charge in [0.1, 0.15) is 0 Å². The minimum absolute atomic E-state index is 0.170. The van der Waals surface area contributed by atoms with E-state index in [1.165, 1.54) is 0 Å². The predicted octanol–water partition coefficient (Wildman–Crippen LogP) is 3.55. The number of carbonyl (C=O) groups is 1. The Hall–Kier alpha value is -1.82. The molecule has 0 spiro atoms. The smallest absolute Gasteiger partial charge is 0.273 e. The summed E-state index contributed by atoms with van der Waals surface area (Å²) in [5, 5.41) is 9.99. The molecule has 0 bridgehead atoms. The molecule has 0 aliphatic carbocycles. The maximum Gasteiger partial charge on any atom is 0.273 e. The van der Waals surface area contributed by atoms with Crippen LogP contribution in [0.1, 0.15) is 42.9 Å². The lowest BCUT2D eigenvalue weighted by Gasteiger charge is -2.27. The average Bonchev–Trinajstić information content (AvgIpc) is 2.94. The fourth-order valence-electron chi connectivity index (χ4n) is 2.25. The second-order valence-electron chi connectivity index (χ2n) is 5.96. The van der Waals surface area contributed by atoms with Crippen molar-refractivity contribution in [2.24, 2.45) is 0 Å². The molecule has 0 aliphatic heterocycles. The van der Waals surface area contributed by atoms with E-state index in [0.717, 1.165) is 15.9 Å². The van der Waals surface area contributed by atoms with Gasteiger partial charge in [-0.1, -0.05) is 32.0 Å². The fourth-order valence-corrected chi connectivity index (χ4v) is 3.07. The van der Waals surface area contributed by atoms with Crippen molar-refractivity contribution in [1.29, 1.82) is 0 Å². The number of para-hydroxylation sites is 1. The van der Waals surface area contributed by atoms with Crippen molar-refractivity contribution in [1.82, 2.24) is 15.5 Å². The Morgan fingerprint density at radius 3 is 2.52 bits per heavy atom. The number of carbonyl (C=O) groups excluding carboxylic acids is 1. The molecule has 1 amide bonds. The number of likely N-dealkylation sites (N-methyl/N-ethyl adjacent to an activating group) is 1. The number of rotatable bonds is 6. The minimum Gasteiger partial charge on any atom is -0.370 e. The highest BCUT2D eigenvalue weighted by molar-refractivity contribution is 9.10. The third kappa shape index (κ3) is 4.13. The van der Waals surface area contributed by atoms with Crippen molar-refractivity contribution in [3.05, 3.63) is 46.2 Å². The number of amides is 1. The zero-order chi connectivity index (χ0) is 17.0. The Morgan fingerprint density at radius 2 is 1.96 bits per heavy atom. The molecule has 2 N–H and O–H groups in total. The Morgan fingerprint density at radius 1 is 1.30 bits per heavy atom. The van der Waals surface area contributed by atoms with Crippen LogP contribution in [0.2, 0.25) is 0 Å². The van der Waals surface area contributed by atoms with Crippen LogP contribution in [0.25, 0.3) is 0 Å².